The van der Waals surface area contributed by atoms with Crippen LogP contribution in [0, 0.1) is 5.82 Å². The predicted molar refractivity (Wildman–Crippen MR) is 74.4 cm³/mol. The van der Waals surface area contributed by atoms with Gasteiger partial charge in [-0.25, -0.2) is 4.39 Å². The lowest BCUT2D eigenvalue weighted by Gasteiger charge is -2.25. The van der Waals surface area contributed by atoms with E-state index in [0.29, 0.717) is 12.6 Å². The van der Waals surface area contributed by atoms with Crippen LogP contribution in [-0.4, -0.2) is 29.2 Å². The van der Waals surface area contributed by atoms with E-state index < -0.39 is 0 Å². The second-order valence-corrected chi connectivity index (χ2v) is 5.60. The molecule has 0 saturated carbocycles. The van der Waals surface area contributed by atoms with Crippen LogP contribution in [0.5, 0.6) is 0 Å². The van der Waals surface area contributed by atoms with Crippen molar-refractivity contribution in [1.82, 2.24) is 4.90 Å². The second-order valence-electron chi connectivity index (χ2n) is 4.69. The number of thiophene rings is 1. The van der Waals surface area contributed by atoms with Crippen LogP contribution in [0.25, 0.3) is 10.1 Å². The van der Waals surface area contributed by atoms with Crippen LogP contribution in [0.4, 0.5) is 4.39 Å². The van der Waals surface area contributed by atoms with E-state index in [0.717, 1.165) is 22.2 Å². The molecular formula is C14H18FNOS. The van der Waals surface area contributed by atoms with Crippen LogP contribution < -0.4 is 0 Å². The largest absolute Gasteiger partial charge is 0.395 e. The van der Waals surface area contributed by atoms with E-state index in [4.69, 9.17) is 5.11 Å². The van der Waals surface area contributed by atoms with Crippen molar-refractivity contribution >= 4 is 21.4 Å². The van der Waals surface area contributed by atoms with E-state index in [1.165, 1.54) is 6.07 Å². The summed E-state index contributed by atoms with van der Waals surface area (Å²) in [5.74, 6) is -0.194. The van der Waals surface area contributed by atoms with Gasteiger partial charge in [-0.05, 0) is 48.4 Å². The number of aliphatic hydroxyl groups is 1. The quantitative estimate of drug-likeness (QED) is 0.899. The maximum atomic E-state index is 13.3. The highest BCUT2D eigenvalue weighted by Gasteiger charge is 2.12. The van der Waals surface area contributed by atoms with Crippen molar-refractivity contribution in [1.29, 1.82) is 0 Å². The Bertz CT molecular complexity index is 523. The molecule has 2 nitrogen and oxygen atoms in total. The van der Waals surface area contributed by atoms with Crippen molar-refractivity contribution in [3.63, 3.8) is 0 Å². The standard InChI is InChI=1S/C14H18FNOS/c1-10(2)16(5-6-17)8-11-9-18-14-4-3-12(15)7-13(11)14/h3-4,7,9-10,17H,5-6,8H2,1-2H3. The predicted octanol–water partition coefficient (Wildman–Crippen LogP) is 3.24. The molecular weight excluding hydrogens is 249 g/mol. The normalized spacial score (nSPS) is 11.9. The number of nitrogens with zero attached hydrogens (tertiary/aromatic N) is 1. The lowest BCUT2D eigenvalue weighted by Crippen LogP contribution is -2.32. The third kappa shape index (κ3) is 2.88. The fourth-order valence-electron chi connectivity index (χ4n) is 2.04. The second kappa shape index (κ2) is 5.78. The van der Waals surface area contributed by atoms with Crippen LogP contribution in [0.3, 0.4) is 0 Å². The van der Waals surface area contributed by atoms with Crippen molar-refractivity contribution < 1.29 is 9.50 Å². The van der Waals surface area contributed by atoms with Gasteiger partial charge in [0.2, 0.25) is 0 Å². The zero-order valence-electron chi connectivity index (χ0n) is 10.7. The van der Waals surface area contributed by atoms with Gasteiger partial charge in [0.1, 0.15) is 5.82 Å². The molecule has 18 heavy (non-hydrogen) atoms. The first kappa shape index (κ1) is 13.5. The molecule has 0 amide bonds. The van der Waals surface area contributed by atoms with Gasteiger partial charge >= 0.3 is 0 Å². The Kier molecular flexibility index (Phi) is 4.32. The molecule has 0 aliphatic heterocycles. The Hall–Kier alpha value is -0.970. The SMILES string of the molecule is CC(C)N(CCO)Cc1csc2ccc(F)cc12. The van der Waals surface area contributed by atoms with Crippen molar-refractivity contribution in [2.45, 2.75) is 26.4 Å². The summed E-state index contributed by atoms with van der Waals surface area (Å²) in [6, 6.07) is 5.28. The highest BCUT2D eigenvalue weighted by Crippen LogP contribution is 2.28. The molecule has 98 valence electrons. The molecule has 1 N–H and O–H groups in total. The van der Waals surface area contributed by atoms with Gasteiger partial charge in [-0.15, -0.1) is 11.3 Å². The topological polar surface area (TPSA) is 23.5 Å². The minimum absolute atomic E-state index is 0.147. The molecule has 0 atom stereocenters. The van der Waals surface area contributed by atoms with Gasteiger partial charge in [-0.2, -0.15) is 0 Å². The van der Waals surface area contributed by atoms with Gasteiger partial charge in [-0.1, -0.05) is 0 Å². The highest BCUT2D eigenvalue weighted by molar-refractivity contribution is 7.17. The molecule has 2 rings (SSSR count). The molecule has 0 aliphatic carbocycles. The minimum Gasteiger partial charge on any atom is -0.395 e. The Labute approximate surface area is 111 Å². The monoisotopic (exact) mass is 267 g/mol. The molecule has 1 aromatic carbocycles. The highest BCUT2D eigenvalue weighted by atomic mass is 32.1. The average Bonchev–Trinajstić information content (AvgIpc) is 2.71. The number of aliphatic hydroxyl groups excluding tert-OH is 1. The Morgan fingerprint density at radius 2 is 2.17 bits per heavy atom. The third-order valence-corrected chi connectivity index (χ3v) is 4.12. The lowest BCUT2D eigenvalue weighted by atomic mass is 10.1. The summed E-state index contributed by atoms with van der Waals surface area (Å²) in [7, 11) is 0. The number of rotatable bonds is 5. The molecule has 0 unspecified atom stereocenters. The summed E-state index contributed by atoms with van der Waals surface area (Å²) in [6.45, 7) is 5.75. The average molecular weight is 267 g/mol. The van der Waals surface area contributed by atoms with Crippen LogP contribution in [-0.2, 0) is 6.54 Å². The Morgan fingerprint density at radius 3 is 2.83 bits per heavy atom. The first-order valence-electron chi connectivity index (χ1n) is 6.12. The van der Waals surface area contributed by atoms with Gasteiger partial charge in [0, 0.05) is 23.8 Å². The molecule has 4 heteroatoms. The van der Waals surface area contributed by atoms with Crippen molar-refractivity contribution in [2.75, 3.05) is 13.2 Å². The van der Waals surface area contributed by atoms with E-state index in [9.17, 15) is 4.39 Å². The number of hydrogen-bond donors (Lipinski definition) is 1. The van der Waals surface area contributed by atoms with Crippen molar-refractivity contribution in [2.24, 2.45) is 0 Å². The molecule has 0 radical (unpaired) electrons. The maximum Gasteiger partial charge on any atom is 0.123 e. The van der Waals surface area contributed by atoms with Gasteiger partial charge in [0.05, 0.1) is 6.61 Å². The Balaban J connectivity index is 2.27. The van der Waals surface area contributed by atoms with Crippen LogP contribution in [0.15, 0.2) is 23.6 Å². The third-order valence-electron chi connectivity index (χ3n) is 3.11. The molecule has 0 aliphatic rings. The summed E-state index contributed by atoms with van der Waals surface area (Å²) in [5.41, 5.74) is 1.14. The van der Waals surface area contributed by atoms with Gasteiger partial charge in [0.25, 0.3) is 0 Å². The zero-order chi connectivity index (χ0) is 13.1. The van der Waals surface area contributed by atoms with Crippen LogP contribution in [0.1, 0.15) is 19.4 Å². The summed E-state index contributed by atoms with van der Waals surface area (Å²) in [4.78, 5) is 2.19. The molecule has 1 aromatic heterocycles. The fraction of sp³-hybridized carbons (Fsp3) is 0.429. The van der Waals surface area contributed by atoms with Gasteiger partial charge < -0.3 is 5.11 Å². The fourth-order valence-corrected chi connectivity index (χ4v) is 2.98. The van der Waals surface area contributed by atoms with Gasteiger partial charge in [0.15, 0.2) is 0 Å². The van der Waals surface area contributed by atoms with E-state index in [2.05, 4.69) is 24.1 Å². The van der Waals surface area contributed by atoms with Crippen molar-refractivity contribution in [3.05, 3.63) is 35.0 Å². The minimum atomic E-state index is -0.194. The molecule has 0 saturated heterocycles. The number of fused-ring (bicyclic) bond motifs is 1. The molecule has 0 spiro atoms. The maximum absolute atomic E-state index is 13.3. The smallest absolute Gasteiger partial charge is 0.123 e. The molecule has 0 fully saturated rings. The molecule has 2 aromatic rings. The van der Waals surface area contributed by atoms with E-state index in [1.54, 1.807) is 17.4 Å². The summed E-state index contributed by atoms with van der Waals surface area (Å²) in [5, 5.41) is 12.1. The summed E-state index contributed by atoms with van der Waals surface area (Å²) < 4.78 is 14.4. The lowest BCUT2D eigenvalue weighted by molar-refractivity contribution is 0.160. The molecule has 1 heterocycles. The van der Waals surface area contributed by atoms with E-state index >= 15 is 0 Å². The number of hydrogen-bond acceptors (Lipinski definition) is 3. The van der Waals surface area contributed by atoms with E-state index in [1.807, 2.05) is 6.07 Å². The van der Waals surface area contributed by atoms with E-state index in [-0.39, 0.29) is 12.4 Å². The first-order valence-corrected chi connectivity index (χ1v) is 7.00. The first-order chi connectivity index (χ1) is 8.61. The van der Waals surface area contributed by atoms with Crippen molar-refractivity contribution in [3.8, 4) is 0 Å². The Morgan fingerprint density at radius 1 is 1.39 bits per heavy atom. The van der Waals surface area contributed by atoms with Gasteiger partial charge in [-0.3, -0.25) is 4.90 Å². The summed E-state index contributed by atoms with van der Waals surface area (Å²) in [6.07, 6.45) is 0. The number of halogens is 1. The number of benzene rings is 1. The zero-order valence-corrected chi connectivity index (χ0v) is 11.5. The molecule has 0 bridgehead atoms. The van der Waals surface area contributed by atoms with Crippen LogP contribution >= 0.6 is 11.3 Å². The summed E-state index contributed by atoms with van der Waals surface area (Å²) >= 11 is 1.64. The van der Waals surface area contributed by atoms with Crippen LogP contribution in [0.2, 0.25) is 0 Å².